The van der Waals surface area contributed by atoms with Crippen LogP contribution in [0.1, 0.15) is 19.4 Å². The molecule has 0 aromatic heterocycles. The molecule has 2 atom stereocenters. The summed E-state index contributed by atoms with van der Waals surface area (Å²) in [7, 11) is 0. The molecule has 2 rings (SSSR count). The molecule has 1 aliphatic rings. The summed E-state index contributed by atoms with van der Waals surface area (Å²) in [6.45, 7) is 6.17. The highest BCUT2D eigenvalue weighted by molar-refractivity contribution is 9.10. The monoisotopic (exact) mass is 283 g/mol. The second-order valence-corrected chi connectivity index (χ2v) is 5.73. The van der Waals surface area contributed by atoms with Crippen molar-refractivity contribution < 1.29 is 4.74 Å². The van der Waals surface area contributed by atoms with E-state index in [9.17, 15) is 0 Å². The lowest BCUT2D eigenvalue weighted by atomic mass is 9.94. The Labute approximate surface area is 106 Å². The third-order valence-corrected chi connectivity index (χ3v) is 3.44. The van der Waals surface area contributed by atoms with Crippen molar-refractivity contribution in [2.45, 2.75) is 32.0 Å². The van der Waals surface area contributed by atoms with E-state index in [-0.39, 0.29) is 5.60 Å². The molecule has 1 aromatic carbocycles. The summed E-state index contributed by atoms with van der Waals surface area (Å²) in [6.07, 6.45) is 1.26. The molecule has 0 amide bonds. The van der Waals surface area contributed by atoms with Gasteiger partial charge in [-0.3, -0.25) is 0 Å². The number of rotatable bonds is 2. The van der Waals surface area contributed by atoms with E-state index in [2.05, 4.69) is 59.4 Å². The highest BCUT2D eigenvalue weighted by Crippen LogP contribution is 2.22. The maximum Gasteiger partial charge on any atom is 0.0822 e. The van der Waals surface area contributed by atoms with Crippen LogP contribution in [0.15, 0.2) is 28.7 Å². The quantitative estimate of drug-likeness (QED) is 0.901. The van der Waals surface area contributed by atoms with Crippen LogP contribution in [0.4, 0.5) is 0 Å². The summed E-state index contributed by atoms with van der Waals surface area (Å²) in [5.74, 6) is 0. The molecule has 1 N–H and O–H groups in total. The van der Waals surface area contributed by atoms with Crippen molar-refractivity contribution >= 4 is 15.9 Å². The third-order valence-electron chi connectivity index (χ3n) is 2.91. The minimum atomic E-state index is -0.0779. The van der Waals surface area contributed by atoms with Crippen LogP contribution < -0.4 is 5.32 Å². The molecule has 0 spiro atoms. The second-order valence-electron chi connectivity index (χ2n) is 4.81. The van der Waals surface area contributed by atoms with Gasteiger partial charge in [-0.2, -0.15) is 0 Å². The maximum atomic E-state index is 6.03. The predicted molar refractivity (Wildman–Crippen MR) is 69.7 cm³/mol. The first-order valence-electron chi connectivity index (χ1n) is 5.70. The molecule has 0 radical (unpaired) electrons. The Morgan fingerprint density at radius 1 is 1.44 bits per heavy atom. The Kier molecular flexibility index (Phi) is 3.67. The lowest BCUT2D eigenvalue weighted by Crippen LogP contribution is -2.52. The van der Waals surface area contributed by atoms with Crippen LogP contribution in [0, 0.1) is 0 Å². The summed E-state index contributed by atoms with van der Waals surface area (Å²) in [5, 5.41) is 3.42. The summed E-state index contributed by atoms with van der Waals surface area (Å²) in [4.78, 5) is 0. The number of halogens is 1. The highest BCUT2D eigenvalue weighted by atomic mass is 79.9. The summed E-state index contributed by atoms with van der Waals surface area (Å²) < 4.78 is 7.16. The van der Waals surface area contributed by atoms with E-state index in [1.54, 1.807) is 0 Å². The van der Waals surface area contributed by atoms with Gasteiger partial charge in [0.05, 0.1) is 11.7 Å². The summed E-state index contributed by atoms with van der Waals surface area (Å²) in [5.41, 5.74) is 1.24. The number of benzene rings is 1. The third kappa shape index (κ3) is 3.06. The minimum Gasteiger partial charge on any atom is -0.369 e. The molecule has 1 aromatic rings. The second kappa shape index (κ2) is 4.86. The van der Waals surface area contributed by atoms with Crippen LogP contribution in [0.5, 0.6) is 0 Å². The van der Waals surface area contributed by atoms with Gasteiger partial charge in [0, 0.05) is 24.0 Å². The topological polar surface area (TPSA) is 21.3 Å². The number of ether oxygens (including phenoxy) is 1. The van der Waals surface area contributed by atoms with Gasteiger partial charge in [-0.05, 0) is 31.5 Å². The van der Waals surface area contributed by atoms with Crippen molar-refractivity contribution in [2.24, 2.45) is 0 Å². The van der Waals surface area contributed by atoms with E-state index in [0.29, 0.717) is 6.10 Å². The van der Waals surface area contributed by atoms with Crippen LogP contribution in [-0.4, -0.2) is 24.8 Å². The van der Waals surface area contributed by atoms with E-state index in [1.807, 2.05) is 0 Å². The molecular weight excluding hydrogens is 266 g/mol. The first kappa shape index (κ1) is 12.1. The first-order valence-corrected chi connectivity index (χ1v) is 6.50. The van der Waals surface area contributed by atoms with Crippen molar-refractivity contribution in [1.82, 2.24) is 5.32 Å². The number of morpholine rings is 1. The predicted octanol–water partition coefficient (Wildman–Crippen LogP) is 2.76. The molecule has 16 heavy (non-hydrogen) atoms. The van der Waals surface area contributed by atoms with Crippen molar-refractivity contribution in [1.29, 1.82) is 0 Å². The standard InChI is InChI=1S/C13H18BrNO/c1-10-8-15-9-13(2,16-10)7-11-3-5-12(14)6-4-11/h3-6,10,15H,7-9H2,1-2H3. The summed E-state index contributed by atoms with van der Waals surface area (Å²) >= 11 is 3.45. The molecule has 1 heterocycles. The van der Waals surface area contributed by atoms with Crippen molar-refractivity contribution in [3.05, 3.63) is 34.3 Å². The van der Waals surface area contributed by atoms with Gasteiger partial charge in [0.2, 0.25) is 0 Å². The van der Waals surface area contributed by atoms with Crippen LogP contribution in [0.2, 0.25) is 0 Å². The highest BCUT2D eigenvalue weighted by Gasteiger charge is 2.31. The zero-order valence-corrected chi connectivity index (χ0v) is 11.4. The van der Waals surface area contributed by atoms with Gasteiger partial charge in [-0.15, -0.1) is 0 Å². The van der Waals surface area contributed by atoms with Crippen molar-refractivity contribution in [3.63, 3.8) is 0 Å². The lowest BCUT2D eigenvalue weighted by molar-refractivity contribution is -0.0965. The van der Waals surface area contributed by atoms with Gasteiger partial charge in [0.15, 0.2) is 0 Å². The normalized spacial score (nSPS) is 30.3. The molecular formula is C13H18BrNO. The Morgan fingerprint density at radius 2 is 2.12 bits per heavy atom. The Morgan fingerprint density at radius 3 is 2.75 bits per heavy atom. The maximum absolute atomic E-state index is 6.03. The van der Waals surface area contributed by atoms with Gasteiger partial charge < -0.3 is 10.1 Å². The zero-order valence-electron chi connectivity index (χ0n) is 9.79. The Bertz CT molecular complexity index is 351. The fraction of sp³-hybridized carbons (Fsp3) is 0.538. The van der Waals surface area contributed by atoms with E-state index < -0.39 is 0 Å². The number of hydrogen-bond acceptors (Lipinski definition) is 2. The Balaban J connectivity index is 2.05. The molecule has 1 fully saturated rings. The average molecular weight is 284 g/mol. The van der Waals surface area contributed by atoms with E-state index in [0.717, 1.165) is 24.0 Å². The molecule has 3 heteroatoms. The molecule has 88 valence electrons. The van der Waals surface area contributed by atoms with Crippen molar-refractivity contribution in [3.8, 4) is 0 Å². The fourth-order valence-corrected chi connectivity index (χ4v) is 2.51. The average Bonchev–Trinajstić information content (AvgIpc) is 2.21. The van der Waals surface area contributed by atoms with Gasteiger partial charge >= 0.3 is 0 Å². The van der Waals surface area contributed by atoms with Crippen molar-refractivity contribution in [2.75, 3.05) is 13.1 Å². The molecule has 0 bridgehead atoms. The molecule has 0 saturated carbocycles. The summed E-state index contributed by atoms with van der Waals surface area (Å²) in [6, 6.07) is 8.46. The molecule has 0 aliphatic carbocycles. The SMILES string of the molecule is CC1CNCC(C)(Cc2ccc(Br)cc2)O1. The molecule has 1 aliphatic heterocycles. The van der Waals surface area contributed by atoms with Gasteiger partial charge in [0.1, 0.15) is 0 Å². The number of nitrogens with one attached hydrogen (secondary N) is 1. The van der Waals surface area contributed by atoms with Gasteiger partial charge in [0.25, 0.3) is 0 Å². The molecule has 2 unspecified atom stereocenters. The molecule has 1 saturated heterocycles. The largest absolute Gasteiger partial charge is 0.369 e. The number of hydrogen-bond donors (Lipinski definition) is 1. The van der Waals surface area contributed by atoms with Gasteiger partial charge in [-0.1, -0.05) is 28.1 Å². The van der Waals surface area contributed by atoms with Gasteiger partial charge in [-0.25, -0.2) is 0 Å². The van der Waals surface area contributed by atoms with Crippen LogP contribution >= 0.6 is 15.9 Å². The zero-order chi connectivity index (χ0) is 11.6. The van der Waals surface area contributed by atoms with E-state index >= 15 is 0 Å². The lowest BCUT2D eigenvalue weighted by Gasteiger charge is -2.38. The minimum absolute atomic E-state index is 0.0779. The smallest absolute Gasteiger partial charge is 0.0822 e. The van der Waals surface area contributed by atoms with E-state index in [4.69, 9.17) is 4.74 Å². The van der Waals surface area contributed by atoms with E-state index in [1.165, 1.54) is 5.56 Å². The Hall–Kier alpha value is -0.380. The first-order chi connectivity index (χ1) is 7.57. The van der Waals surface area contributed by atoms with Crippen LogP contribution in [0.25, 0.3) is 0 Å². The van der Waals surface area contributed by atoms with Crippen LogP contribution in [-0.2, 0) is 11.2 Å². The van der Waals surface area contributed by atoms with Crippen LogP contribution in [0.3, 0.4) is 0 Å². The fourth-order valence-electron chi connectivity index (χ4n) is 2.25. The molecule has 2 nitrogen and oxygen atoms in total.